The van der Waals surface area contributed by atoms with Crippen LogP contribution in [-0.4, -0.2) is 12.5 Å². The van der Waals surface area contributed by atoms with E-state index >= 15 is 0 Å². The standard InChI is InChI=1S/C19H16Cl2N2O/c20-16-9-4-10-17(19(16)21)23-18(24)12-22-11-14-7-3-6-13-5-1-2-8-15(13)14/h1-10,22H,11-12H2,(H,23,24)/p+1. The molecule has 0 aromatic heterocycles. The molecule has 0 spiro atoms. The zero-order chi connectivity index (χ0) is 16.9. The molecule has 122 valence electrons. The molecule has 3 aromatic carbocycles. The van der Waals surface area contributed by atoms with Gasteiger partial charge in [-0.15, -0.1) is 0 Å². The third kappa shape index (κ3) is 3.88. The van der Waals surface area contributed by atoms with Gasteiger partial charge in [0.05, 0.1) is 15.7 Å². The Morgan fingerprint density at radius 2 is 1.71 bits per heavy atom. The summed E-state index contributed by atoms with van der Waals surface area (Å²) >= 11 is 12.0. The highest BCUT2D eigenvalue weighted by Crippen LogP contribution is 2.29. The van der Waals surface area contributed by atoms with Crippen molar-refractivity contribution in [3.05, 3.63) is 76.3 Å². The van der Waals surface area contributed by atoms with E-state index in [1.165, 1.54) is 16.3 Å². The number of nitrogens with two attached hydrogens (primary N) is 1. The van der Waals surface area contributed by atoms with E-state index in [2.05, 4.69) is 29.6 Å². The number of rotatable bonds is 5. The van der Waals surface area contributed by atoms with Gasteiger partial charge >= 0.3 is 0 Å². The molecule has 1 amide bonds. The number of halogens is 2. The lowest BCUT2D eigenvalue weighted by Crippen LogP contribution is -2.84. The zero-order valence-corrected chi connectivity index (χ0v) is 14.4. The van der Waals surface area contributed by atoms with Crippen LogP contribution >= 0.6 is 23.2 Å². The fraction of sp³-hybridized carbons (Fsp3) is 0.105. The van der Waals surface area contributed by atoms with Crippen LogP contribution in [0, 0.1) is 0 Å². The molecule has 0 bridgehead atoms. The van der Waals surface area contributed by atoms with E-state index in [9.17, 15) is 4.79 Å². The maximum absolute atomic E-state index is 12.1. The molecule has 0 saturated carbocycles. The fourth-order valence-corrected chi connectivity index (χ4v) is 2.98. The lowest BCUT2D eigenvalue weighted by molar-refractivity contribution is -0.659. The monoisotopic (exact) mass is 359 g/mol. The highest BCUT2D eigenvalue weighted by Gasteiger charge is 2.10. The number of quaternary nitrogens is 1. The summed E-state index contributed by atoms with van der Waals surface area (Å²) < 4.78 is 0. The van der Waals surface area contributed by atoms with Crippen molar-refractivity contribution in [3.63, 3.8) is 0 Å². The molecule has 0 saturated heterocycles. The van der Waals surface area contributed by atoms with E-state index in [1.54, 1.807) is 18.2 Å². The van der Waals surface area contributed by atoms with Gasteiger partial charge in [-0.1, -0.05) is 71.7 Å². The Bertz CT molecular complexity index is 875. The van der Waals surface area contributed by atoms with Crippen molar-refractivity contribution in [1.29, 1.82) is 0 Å². The highest BCUT2D eigenvalue weighted by molar-refractivity contribution is 6.43. The van der Waals surface area contributed by atoms with Crippen LogP contribution in [0.15, 0.2) is 60.7 Å². The van der Waals surface area contributed by atoms with Gasteiger partial charge in [-0.05, 0) is 22.9 Å². The van der Waals surface area contributed by atoms with Crippen LogP contribution in [0.1, 0.15) is 5.56 Å². The Morgan fingerprint density at radius 3 is 2.58 bits per heavy atom. The number of hydrogen-bond acceptors (Lipinski definition) is 1. The first kappa shape index (κ1) is 16.8. The Labute approximate surface area is 150 Å². The Kier molecular flexibility index (Phi) is 5.36. The van der Waals surface area contributed by atoms with Crippen LogP contribution in [0.5, 0.6) is 0 Å². The molecule has 3 rings (SSSR count). The van der Waals surface area contributed by atoms with Gasteiger partial charge in [-0.3, -0.25) is 4.79 Å². The average molecular weight is 360 g/mol. The molecule has 0 aliphatic rings. The van der Waals surface area contributed by atoms with Crippen molar-refractivity contribution in [2.45, 2.75) is 6.54 Å². The van der Waals surface area contributed by atoms with Gasteiger partial charge in [-0.25, -0.2) is 0 Å². The predicted octanol–water partition coefficient (Wildman–Crippen LogP) is 3.85. The number of fused-ring (bicyclic) bond motifs is 1. The van der Waals surface area contributed by atoms with E-state index in [1.807, 2.05) is 23.5 Å². The second-order valence-corrected chi connectivity index (χ2v) is 6.27. The fourth-order valence-electron chi connectivity index (χ4n) is 2.63. The van der Waals surface area contributed by atoms with Gasteiger partial charge in [0.15, 0.2) is 6.54 Å². The third-order valence-electron chi connectivity index (χ3n) is 3.80. The summed E-state index contributed by atoms with van der Waals surface area (Å²) in [6.07, 6.45) is 0. The zero-order valence-electron chi connectivity index (χ0n) is 12.9. The topological polar surface area (TPSA) is 45.7 Å². The summed E-state index contributed by atoms with van der Waals surface area (Å²) in [4.78, 5) is 12.1. The van der Waals surface area contributed by atoms with Gasteiger partial charge < -0.3 is 10.6 Å². The smallest absolute Gasteiger partial charge is 0.279 e. The minimum atomic E-state index is -0.112. The van der Waals surface area contributed by atoms with E-state index in [4.69, 9.17) is 23.2 Å². The van der Waals surface area contributed by atoms with Crippen molar-refractivity contribution in [1.82, 2.24) is 0 Å². The first-order valence-corrected chi connectivity index (χ1v) is 8.43. The molecule has 3 N–H and O–H groups in total. The first-order valence-electron chi connectivity index (χ1n) is 7.67. The van der Waals surface area contributed by atoms with E-state index in [-0.39, 0.29) is 5.91 Å². The van der Waals surface area contributed by atoms with Crippen LogP contribution in [-0.2, 0) is 11.3 Å². The van der Waals surface area contributed by atoms with Crippen LogP contribution in [0.2, 0.25) is 10.0 Å². The molecule has 0 aliphatic heterocycles. The predicted molar refractivity (Wildman–Crippen MR) is 99.5 cm³/mol. The summed E-state index contributed by atoms with van der Waals surface area (Å²) in [7, 11) is 0. The number of carbonyl (C=O) groups is 1. The minimum absolute atomic E-state index is 0.112. The number of hydrogen-bond donors (Lipinski definition) is 2. The maximum atomic E-state index is 12.1. The molecular formula is C19H17Cl2N2O+. The second kappa shape index (κ2) is 7.67. The Morgan fingerprint density at radius 1 is 0.958 bits per heavy atom. The SMILES string of the molecule is O=C(C[NH2+]Cc1cccc2ccccc12)Nc1cccc(Cl)c1Cl. The van der Waals surface area contributed by atoms with E-state index in [0.717, 1.165) is 6.54 Å². The number of benzene rings is 3. The highest BCUT2D eigenvalue weighted by atomic mass is 35.5. The van der Waals surface area contributed by atoms with Crippen LogP contribution in [0.3, 0.4) is 0 Å². The molecule has 0 unspecified atom stereocenters. The van der Waals surface area contributed by atoms with Crippen molar-refractivity contribution < 1.29 is 10.1 Å². The minimum Gasteiger partial charge on any atom is -0.335 e. The molecule has 0 fully saturated rings. The van der Waals surface area contributed by atoms with Crippen molar-refractivity contribution >= 4 is 45.6 Å². The summed E-state index contributed by atoms with van der Waals surface area (Å²) in [5, 5.41) is 7.97. The first-order chi connectivity index (χ1) is 11.6. The van der Waals surface area contributed by atoms with Crippen molar-refractivity contribution in [3.8, 4) is 0 Å². The number of nitrogens with one attached hydrogen (secondary N) is 1. The Hall–Kier alpha value is -2.07. The van der Waals surface area contributed by atoms with E-state index < -0.39 is 0 Å². The summed E-state index contributed by atoms with van der Waals surface area (Å²) in [6, 6.07) is 19.6. The lowest BCUT2D eigenvalue weighted by Gasteiger charge is -2.08. The molecule has 5 heteroatoms. The average Bonchev–Trinajstić information content (AvgIpc) is 2.59. The maximum Gasteiger partial charge on any atom is 0.279 e. The Balaban J connectivity index is 1.60. The van der Waals surface area contributed by atoms with Gasteiger partial charge in [0.2, 0.25) is 0 Å². The normalized spacial score (nSPS) is 10.8. The van der Waals surface area contributed by atoms with Gasteiger partial charge in [0.1, 0.15) is 6.54 Å². The van der Waals surface area contributed by atoms with Crippen LogP contribution in [0.4, 0.5) is 5.69 Å². The second-order valence-electron chi connectivity index (χ2n) is 5.48. The third-order valence-corrected chi connectivity index (χ3v) is 4.62. The molecule has 3 nitrogen and oxygen atoms in total. The number of amides is 1. The van der Waals surface area contributed by atoms with Crippen molar-refractivity contribution in [2.75, 3.05) is 11.9 Å². The molecule has 24 heavy (non-hydrogen) atoms. The number of carbonyl (C=O) groups excluding carboxylic acids is 1. The summed E-state index contributed by atoms with van der Waals surface area (Å²) in [5.41, 5.74) is 1.74. The quantitative estimate of drug-likeness (QED) is 0.713. The largest absolute Gasteiger partial charge is 0.335 e. The molecule has 0 aliphatic carbocycles. The summed E-state index contributed by atoms with van der Waals surface area (Å²) in [6.45, 7) is 1.05. The molecule has 0 heterocycles. The number of anilines is 1. The van der Waals surface area contributed by atoms with Crippen LogP contribution < -0.4 is 10.6 Å². The van der Waals surface area contributed by atoms with Crippen LogP contribution in [0.25, 0.3) is 10.8 Å². The van der Waals surface area contributed by atoms with Gasteiger partial charge in [-0.2, -0.15) is 0 Å². The molecule has 0 atom stereocenters. The molecule has 3 aromatic rings. The van der Waals surface area contributed by atoms with Gasteiger partial charge in [0.25, 0.3) is 5.91 Å². The molecular weight excluding hydrogens is 343 g/mol. The van der Waals surface area contributed by atoms with E-state index in [0.29, 0.717) is 22.3 Å². The lowest BCUT2D eigenvalue weighted by atomic mass is 10.0. The molecule has 0 radical (unpaired) electrons. The van der Waals surface area contributed by atoms with Crippen molar-refractivity contribution in [2.24, 2.45) is 0 Å². The summed E-state index contributed by atoms with van der Waals surface area (Å²) in [5.74, 6) is -0.112. The van der Waals surface area contributed by atoms with Gasteiger partial charge in [0, 0.05) is 5.56 Å².